The number of anilines is 1. The van der Waals surface area contributed by atoms with Crippen LogP contribution in [0, 0.1) is 6.92 Å². The predicted octanol–water partition coefficient (Wildman–Crippen LogP) is 2.07. The van der Waals surface area contributed by atoms with Gasteiger partial charge in [-0.25, -0.2) is 0 Å². The summed E-state index contributed by atoms with van der Waals surface area (Å²) in [6.45, 7) is 9.17. The fraction of sp³-hybridized carbons (Fsp3) is 0.500. The van der Waals surface area contributed by atoms with E-state index in [-0.39, 0.29) is 17.9 Å². The van der Waals surface area contributed by atoms with E-state index < -0.39 is 0 Å². The van der Waals surface area contributed by atoms with Gasteiger partial charge in [0.1, 0.15) is 0 Å². The van der Waals surface area contributed by atoms with Gasteiger partial charge in [0.15, 0.2) is 0 Å². The number of carbonyl (C=O) groups excluding carboxylic acids is 2. The van der Waals surface area contributed by atoms with Crippen molar-refractivity contribution in [3.63, 3.8) is 0 Å². The Morgan fingerprint density at radius 1 is 1.19 bits per heavy atom. The van der Waals surface area contributed by atoms with Crippen LogP contribution in [0.3, 0.4) is 0 Å². The van der Waals surface area contributed by atoms with Gasteiger partial charge < -0.3 is 16.0 Å². The van der Waals surface area contributed by atoms with Crippen LogP contribution in [-0.4, -0.2) is 30.9 Å². The molecule has 0 fully saturated rings. The Morgan fingerprint density at radius 2 is 1.90 bits per heavy atom. The van der Waals surface area contributed by atoms with Crippen LogP contribution >= 0.6 is 0 Å². The van der Waals surface area contributed by atoms with Crippen molar-refractivity contribution in [2.75, 3.05) is 18.4 Å². The Hall–Kier alpha value is -1.88. The molecule has 1 unspecified atom stereocenters. The van der Waals surface area contributed by atoms with Crippen molar-refractivity contribution in [2.45, 2.75) is 40.2 Å². The normalized spacial score (nSPS) is 11.8. The highest BCUT2D eigenvalue weighted by Crippen LogP contribution is 2.17. The Bertz CT molecular complexity index is 500. The highest BCUT2D eigenvalue weighted by molar-refractivity contribution is 5.97. The lowest BCUT2D eigenvalue weighted by molar-refractivity contribution is -0.116. The summed E-state index contributed by atoms with van der Waals surface area (Å²) >= 11 is 0. The topological polar surface area (TPSA) is 70.2 Å². The molecule has 0 aromatic heterocycles. The molecule has 5 heteroatoms. The zero-order valence-corrected chi connectivity index (χ0v) is 13.2. The van der Waals surface area contributed by atoms with E-state index in [4.69, 9.17) is 0 Å². The molecule has 2 amide bonds. The summed E-state index contributed by atoms with van der Waals surface area (Å²) in [5, 5.41) is 8.83. The van der Waals surface area contributed by atoms with Gasteiger partial charge in [0.25, 0.3) is 5.91 Å². The van der Waals surface area contributed by atoms with Crippen LogP contribution in [0.15, 0.2) is 18.2 Å². The van der Waals surface area contributed by atoms with Crippen LogP contribution in [0.5, 0.6) is 0 Å². The highest BCUT2D eigenvalue weighted by atomic mass is 16.2. The zero-order valence-electron chi connectivity index (χ0n) is 13.2. The molecule has 1 aromatic rings. The Morgan fingerprint density at radius 3 is 2.52 bits per heavy atom. The second kappa shape index (κ2) is 8.42. The first-order chi connectivity index (χ1) is 9.97. The van der Waals surface area contributed by atoms with Crippen molar-refractivity contribution in [3.05, 3.63) is 29.3 Å². The van der Waals surface area contributed by atoms with Gasteiger partial charge in [0.2, 0.25) is 5.91 Å². The van der Waals surface area contributed by atoms with Gasteiger partial charge in [-0.15, -0.1) is 0 Å². The molecular weight excluding hydrogens is 266 g/mol. The SMILES string of the molecule is CCNC(=O)c1ccc(C)c(NC(=O)CC(C)NCC)c1. The van der Waals surface area contributed by atoms with Crippen LogP contribution in [0.1, 0.15) is 43.1 Å². The zero-order chi connectivity index (χ0) is 15.8. The second-order valence-corrected chi connectivity index (χ2v) is 5.10. The van der Waals surface area contributed by atoms with Gasteiger partial charge in [-0.2, -0.15) is 0 Å². The van der Waals surface area contributed by atoms with E-state index in [2.05, 4.69) is 16.0 Å². The average Bonchev–Trinajstić information content (AvgIpc) is 2.41. The summed E-state index contributed by atoms with van der Waals surface area (Å²) in [6, 6.07) is 5.45. The lowest BCUT2D eigenvalue weighted by atomic mass is 10.1. The van der Waals surface area contributed by atoms with E-state index in [1.54, 1.807) is 12.1 Å². The van der Waals surface area contributed by atoms with Crippen molar-refractivity contribution in [1.29, 1.82) is 0 Å². The molecule has 0 heterocycles. The Balaban J connectivity index is 2.75. The van der Waals surface area contributed by atoms with E-state index in [1.165, 1.54) is 0 Å². The fourth-order valence-corrected chi connectivity index (χ4v) is 2.06. The summed E-state index contributed by atoms with van der Waals surface area (Å²) in [5.74, 6) is -0.186. The van der Waals surface area contributed by atoms with Gasteiger partial charge in [-0.05, 0) is 45.0 Å². The monoisotopic (exact) mass is 291 g/mol. The number of carbonyl (C=O) groups is 2. The first-order valence-corrected chi connectivity index (χ1v) is 7.40. The number of rotatable bonds is 7. The molecule has 0 bridgehead atoms. The molecule has 0 aliphatic heterocycles. The van der Waals surface area contributed by atoms with Gasteiger partial charge in [0.05, 0.1) is 0 Å². The molecule has 1 rings (SSSR count). The molecule has 0 saturated heterocycles. The van der Waals surface area contributed by atoms with Gasteiger partial charge in [-0.1, -0.05) is 13.0 Å². The maximum absolute atomic E-state index is 12.0. The molecule has 0 aliphatic rings. The maximum Gasteiger partial charge on any atom is 0.251 e. The van der Waals surface area contributed by atoms with Gasteiger partial charge >= 0.3 is 0 Å². The van der Waals surface area contributed by atoms with E-state index >= 15 is 0 Å². The van der Waals surface area contributed by atoms with Crippen LogP contribution < -0.4 is 16.0 Å². The first kappa shape index (κ1) is 17.2. The number of nitrogens with one attached hydrogen (secondary N) is 3. The van der Waals surface area contributed by atoms with Gasteiger partial charge in [-0.3, -0.25) is 9.59 Å². The standard InChI is InChI=1S/C16H25N3O2/c1-5-17-12(4)9-15(20)19-14-10-13(8-7-11(14)3)16(21)18-6-2/h7-8,10,12,17H,5-6,9H2,1-4H3,(H,18,21)(H,19,20). The third-order valence-electron chi connectivity index (χ3n) is 3.16. The lowest BCUT2D eigenvalue weighted by Crippen LogP contribution is -2.30. The van der Waals surface area contributed by atoms with Crippen molar-refractivity contribution >= 4 is 17.5 Å². The van der Waals surface area contributed by atoms with Crippen molar-refractivity contribution in [2.24, 2.45) is 0 Å². The molecule has 0 aliphatic carbocycles. The summed E-state index contributed by atoms with van der Waals surface area (Å²) in [4.78, 5) is 23.8. The number of hydrogen-bond donors (Lipinski definition) is 3. The second-order valence-electron chi connectivity index (χ2n) is 5.10. The molecule has 0 spiro atoms. The average molecular weight is 291 g/mol. The lowest BCUT2D eigenvalue weighted by Gasteiger charge is -2.14. The third kappa shape index (κ3) is 5.55. The minimum absolute atomic E-state index is 0.0559. The number of hydrogen-bond acceptors (Lipinski definition) is 3. The van der Waals surface area contributed by atoms with E-state index in [9.17, 15) is 9.59 Å². The van der Waals surface area contributed by atoms with Crippen LogP contribution in [0.2, 0.25) is 0 Å². The summed E-state index contributed by atoms with van der Waals surface area (Å²) < 4.78 is 0. The van der Waals surface area contributed by atoms with Crippen molar-refractivity contribution in [1.82, 2.24) is 10.6 Å². The van der Waals surface area contributed by atoms with E-state index in [0.29, 0.717) is 24.2 Å². The Kier molecular flexibility index (Phi) is 6.88. The number of benzene rings is 1. The van der Waals surface area contributed by atoms with Crippen LogP contribution in [-0.2, 0) is 4.79 Å². The molecular formula is C16H25N3O2. The smallest absolute Gasteiger partial charge is 0.251 e. The first-order valence-electron chi connectivity index (χ1n) is 7.40. The van der Waals surface area contributed by atoms with Crippen molar-refractivity contribution < 1.29 is 9.59 Å². The van der Waals surface area contributed by atoms with Crippen molar-refractivity contribution in [3.8, 4) is 0 Å². The summed E-state index contributed by atoms with van der Waals surface area (Å²) in [7, 11) is 0. The largest absolute Gasteiger partial charge is 0.352 e. The predicted molar refractivity (Wildman–Crippen MR) is 85.6 cm³/mol. The quantitative estimate of drug-likeness (QED) is 0.720. The van der Waals surface area contributed by atoms with E-state index in [0.717, 1.165) is 12.1 Å². The van der Waals surface area contributed by atoms with Crippen LogP contribution in [0.25, 0.3) is 0 Å². The molecule has 0 radical (unpaired) electrons. The summed E-state index contributed by atoms with van der Waals surface area (Å²) in [6.07, 6.45) is 0.401. The third-order valence-corrected chi connectivity index (χ3v) is 3.16. The van der Waals surface area contributed by atoms with E-state index in [1.807, 2.05) is 33.8 Å². The highest BCUT2D eigenvalue weighted by Gasteiger charge is 2.11. The molecule has 0 saturated carbocycles. The number of aryl methyl sites for hydroxylation is 1. The minimum Gasteiger partial charge on any atom is -0.352 e. The van der Waals surface area contributed by atoms with Gasteiger partial charge in [0, 0.05) is 30.3 Å². The molecule has 21 heavy (non-hydrogen) atoms. The molecule has 1 aromatic carbocycles. The van der Waals surface area contributed by atoms with Crippen LogP contribution in [0.4, 0.5) is 5.69 Å². The molecule has 116 valence electrons. The molecule has 1 atom stereocenters. The molecule has 3 N–H and O–H groups in total. The number of amides is 2. The Labute approximate surface area is 126 Å². The minimum atomic E-state index is -0.131. The summed E-state index contributed by atoms with van der Waals surface area (Å²) in [5.41, 5.74) is 2.18. The molecule has 5 nitrogen and oxygen atoms in total. The maximum atomic E-state index is 12.0. The fourth-order valence-electron chi connectivity index (χ4n) is 2.06.